The third-order valence-corrected chi connectivity index (χ3v) is 5.00. The number of pyridine rings is 1. The number of hydrogen-bond donors (Lipinski definition) is 0. The third kappa shape index (κ3) is 2.92. The number of hydrogen-bond acceptors (Lipinski definition) is 3. The zero-order valence-electron chi connectivity index (χ0n) is 17.7. The molecule has 30 heavy (non-hydrogen) atoms. The Morgan fingerprint density at radius 1 is 1.10 bits per heavy atom. The fourth-order valence-electron chi connectivity index (χ4n) is 3.56. The van der Waals surface area contributed by atoms with Crippen molar-refractivity contribution in [1.29, 1.82) is 0 Å². The number of rotatable bonds is 3. The summed E-state index contributed by atoms with van der Waals surface area (Å²) < 4.78 is 62.5. The lowest BCUT2D eigenvalue weighted by Crippen LogP contribution is -2.24. The van der Waals surface area contributed by atoms with Crippen molar-refractivity contribution >= 4 is 16.8 Å². The predicted octanol–water partition coefficient (Wildman–Crippen LogP) is 4.21. The van der Waals surface area contributed by atoms with E-state index in [1.807, 2.05) is 0 Å². The molecule has 0 spiro atoms. The van der Waals surface area contributed by atoms with Crippen molar-refractivity contribution in [2.24, 2.45) is 7.05 Å². The number of halogens is 3. The van der Waals surface area contributed by atoms with Crippen LogP contribution in [-0.4, -0.2) is 25.6 Å². The van der Waals surface area contributed by atoms with Gasteiger partial charge in [-0.1, -0.05) is 0 Å². The molecule has 0 N–H and O–H groups in total. The van der Waals surface area contributed by atoms with Gasteiger partial charge in [-0.15, -0.1) is 0 Å². The van der Waals surface area contributed by atoms with Crippen LogP contribution in [0.25, 0.3) is 22.0 Å². The van der Waals surface area contributed by atoms with E-state index in [-0.39, 0.29) is 22.4 Å². The minimum Gasteiger partial charge on any atom is -0.328 e. The molecule has 1 amide bonds. The highest BCUT2D eigenvalue weighted by Gasteiger charge is 2.29. The maximum absolute atomic E-state index is 15.0. The van der Waals surface area contributed by atoms with E-state index in [1.54, 1.807) is 13.2 Å². The molecule has 0 radical (unpaired) electrons. The lowest BCUT2D eigenvalue weighted by Gasteiger charge is -2.17. The summed E-state index contributed by atoms with van der Waals surface area (Å²) in [5, 5.41) is 4.71. The van der Waals surface area contributed by atoms with Crippen molar-refractivity contribution < 1.29 is 20.7 Å². The Morgan fingerprint density at radius 2 is 1.87 bits per heavy atom. The second-order valence-corrected chi connectivity index (χ2v) is 7.01. The molecule has 0 fully saturated rings. The van der Waals surface area contributed by atoms with Gasteiger partial charge in [0, 0.05) is 42.0 Å². The van der Waals surface area contributed by atoms with Crippen molar-refractivity contribution in [3.8, 4) is 11.1 Å². The molecule has 0 saturated carbocycles. The maximum atomic E-state index is 15.0. The van der Waals surface area contributed by atoms with Gasteiger partial charge in [-0.05, 0) is 35.9 Å². The summed E-state index contributed by atoms with van der Waals surface area (Å²) in [5.74, 6) is -3.43. The first kappa shape index (κ1) is 16.2. The molecule has 2 aromatic heterocycles. The molecule has 2 aromatic carbocycles. The van der Waals surface area contributed by atoms with Gasteiger partial charge in [0.1, 0.15) is 17.5 Å². The van der Waals surface area contributed by atoms with Gasteiger partial charge in [-0.25, -0.2) is 13.2 Å². The quantitative estimate of drug-likeness (QED) is 0.509. The second-order valence-electron chi connectivity index (χ2n) is 7.01. The SMILES string of the molecule is [2H]C1([2H])c2ncccc2C(=O)N1Cc1c(F)cc(-c2cc3cn(C)nc3cc2F)cc1F. The molecule has 4 aromatic rings. The van der Waals surface area contributed by atoms with Crippen LogP contribution in [-0.2, 0) is 20.1 Å². The van der Waals surface area contributed by atoms with Gasteiger partial charge in [0.05, 0.1) is 32.6 Å². The van der Waals surface area contributed by atoms with E-state index in [1.165, 1.54) is 35.1 Å². The number of amides is 1. The van der Waals surface area contributed by atoms with Crippen LogP contribution in [0.4, 0.5) is 13.2 Å². The van der Waals surface area contributed by atoms with Crippen molar-refractivity contribution in [3.05, 3.63) is 83.1 Å². The molecule has 1 aliphatic heterocycles. The van der Waals surface area contributed by atoms with Gasteiger partial charge in [-0.3, -0.25) is 14.5 Å². The van der Waals surface area contributed by atoms with Gasteiger partial charge in [0.25, 0.3) is 5.91 Å². The van der Waals surface area contributed by atoms with Crippen LogP contribution >= 0.6 is 0 Å². The van der Waals surface area contributed by atoms with Crippen LogP contribution in [0.15, 0.2) is 48.8 Å². The minimum absolute atomic E-state index is 0.000895. The van der Waals surface area contributed by atoms with E-state index in [2.05, 4.69) is 10.1 Å². The van der Waals surface area contributed by atoms with E-state index in [0.717, 1.165) is 17.0 Å². The highest BCUT2D eigenvalue weighted by atomic mass is 19.1. The number of carbonyl (C=O) groups excluding carboxylic acids is 1. The third-order valence-electron chi connectivity index (χ3n) is 5.00. The summed E-state index contributed by atoms with van der Waals surface area (Å²) in [6.45, 7) is -2.98. The average molecular weight is 410 g/mol. The molecular formula is C22H15F3N4O. The van der Waals surface area contributed by atoms with Crippen LogP contribution in [0.2, 0.25) is 0 Å². The van der Waals surface area contributed by atoms with Crippen LogP contribution in [0.3, 0.4) is 0 Å². The largest absolute Gasteiger partial charge is 0.328 e. The van der Waals surface area contributed by atoms with Gasteiger partial charge < -0.3 is 4.90 Å². The molecule has 150 valence electrons. The molecule has 0 bridgehead atoms. The Labute approximate surface area is 172 Å². The summed E-state index contributed by atoms with van der Waals surface area (Å²) in [6.07, 6.45) is 3.00. The topological polar surface area (TPSA) is 51.0 Å². The molecule has 3 heterocycles. The number of aryl methyl sites for hydroxylation is 1. The van der Waals surface area contributed by atoms with Crippen molar-refractivity contribution in [3.63, 3.8) is 0 Å². The molecule has 5 rings (SSSR count). The lowest BCUT2D eigenvalue weighted by atomic mass is 10.0. The number of aromatic nitrogens is 3. The van der Waals surface area contributed by atoms with E-state index in [9.17, 15) is 18.0 Å². The van der Waals surface area contributed by atoms with E-state index in [0.29, 0.717) is 10.9 Å². The lowest BCUT2D eigenvalue weighted by molar-refractivity contribution is 0.0763. The summed E-state index contributed by atoms with van der Waals surface area (Å²) in [7, 11) is 1.68. The first-order valence-corrected chi connectivity index (χ1v) is 9.05. The summed E-state index contributed by atoms with van der Waals surface area (Å²) >= 11 is 0. The smallest absolute Gasteiger partial charge is 0.256 e. The van der Waals surface area contributed by atoms with Crippen LogP contribution in [0.5, 0.6) is 0 Å². The van der Waals surface area contributed by atoms with E-state index >= 15 is 0 Å². The Morgan fingerprint density at radius 3 is 2.60 bits per heavy atom. The monoisotopic (exact) mass is 410 g/mol. The van der Waals surface area contributed by atoms with Crippen LogP contribution < -0.4 is 0 Å². The number of benzene rings is 2. The van der Waals surface area contributed by atoms with Gasteiger partial charge in [-0.2, -0.15) is 5.10 Å². The van der Waals surface area contributed by atoms with Gasteiger partial charge in [0.15, 0.2) is 0 Å². The predicted molar refractivity (Wildman–Crippen MR) is 104 cm³/mol. The maximum Gasteiger partial charge on any atom is 0.256 e. The summed E-state index contributed by atoms with van der Waals surface area (Å²) in [5.41, 5.74) is -0.168. The van der Waals surface area contributed by atoms with Crippen molar-refractivity contribution in [2.45, 2.75) is 13.0 Å². The normalized spacial score (nSPS) is 16.0. The molecule has 0 unspecified atom stereocenters. The zero-order chi connectivity index (χ0) is 22.8. The molecule has 0 aliphatic carbocycles. The number of carbonyl (C=O) groups is 1. The molecule has 8 heteroatoms. The Hall–Kier alpha value is -3.68. The second kappa shape index (κ2) is 6.69. The molecule has 1 aliphatic rings. The Bertz CT molecular complexity index is 1400. The summed E-state index contributed by atoms with van der Waals surface area (Å²) in [6, 6.07) is 7.49. The highest BCUT2D eigenvalue weighted by Crippen LogP contribution is 2.31. The fourth-order valence-corrected chi connectivity index (χ4v) is 3.56. The molecular weight excluding hydrogens is 393 g/mol. The van der Waals surface area contributed by atoms with Crippen LogP contribution in [0, 0.1) is 17.5 Å². The first-order chi connectivity index (χ1) is 15.2. The molecule has 5 nitrogen and oxygen atoms in total. The Balaban J connectivity index is 1.53. The summed E-state index contributed by atoms with van der Waals surface area (Å²) in [4.78, 5) is 17.3. The Kier molecular flexibility index (Phi) is 3.60. The standard InChI is InChI=1S/C22H15F3N4O/c1-28-9-13-5-15(19(25)8-20(13)27-28)12-6-17(23)16(18(24)7-12)10-29-11-21-14(22(29)30)3-2-4-26-21/h2-9H,10-11H2,1H3/i11D2. The minimum atomic E-state index is -2.33. The molecule has 0 atom stereocenters. The van der Waals surface area contributed by atoms with E-state index in [4.69, 9.17) is 2.74 Å². The fraction of sp³-hybridized carbons (Fsp3) is 0.136. The van der Waals surface area contributed by atoms with E-state index < -0.39 is 42.0 Å². The first-order valence-electron chi connectivity index (χ1n) is 10.1. The number of nitrogens with zero attached hydrogens (tertiary/aromatic N) is 4. The van der Waals surface area contributed by atoms with Crippen molar-refractivity contribution in [1.82, 2.24) is 19.7 Å². The zero-order valence-corrected chi connectivity index (χ0v) is 15.7. The van der Waals surface area contributed by atoms with Gasteiger partial charge in [0.2, 0.25) is 0 Å². The highest BCUT2D eigenvalue weighted by molar-refractivity contribution is 5.97. The van der Waals surface area contributed by atoms with Crippen molar-refractivity contribution in [2.75, 3.05) is 0 Å². The average Bonchev–Trinajstić information content (AvgIpc) is 3.18. The number of fused-ring (bicyclic) bond motifs is 2. The van der Waals surface area contributed by atoms with Crippen LogP contribution in [0.1, 0.15) is 24.4 Å². The van der Waals surface area contributed by atoms with Gasteiger partial charge >= 0.3 is 0 Å². The molecule has 0 saturated heterocycles.